The largest absolute Gasteiger partial charge is 0.395 e. The lowest BCUT2D eigenvalue weighted by Crippen LogP contribution is -2.54. The third kappa shape index (κ3) is 3.33. The summed E-state index contributed by atoms with van der Waals surface area (Å²) in [5.74, 6) is 1.17. The second-order valence-corrected chi connectivity index (χ2v) is 11.4. The second-order valence-electron chi connectivity index (χ2n) is 11.4. The van der Waals surface area contributed by atoms with E-state index in [9.17, 15) is 23.1 Å². The molecule has 0 unspecified atom stereocenters. The predicted molar refractivity (Wildman–Crippen MR) is 102 cm³/mol. The maximum atomic E-state index is 12.8. The molecular formula is C23H35F3O2. The minimum atomic E-state index is -4.39. The highest BCUT2D eigenvalue weighted by Crippen LogP contribution is 2.67. The number of rotatable bonds is 2. The van der Waals surface area contributed by atoms with Gasteiger partial charge in [0.2, 0.25) is 0 Å². The third-order valence-corrected chi connectivity index (χ3v) is 9.50. The van der Waals surface area contributed by atoms with E-state index in [0.29, 0.717) is 30.1 Å². The van der Waals surface area contributed by atoms with Crippen molar-refractivity contribution in [2.24, 2.45) is 40.4 Å². The van der Waals surface area contributed by atoms with Crippen molar-refractivity contribution in [1.82, 2.24) is 0 Å². The summed E-state index contributed by atoms with van der Waals surface area (Å²) >= 11 is 0. The molecule has 0 radical (unpaired) electrons. The van der Waals surface area contributed by atoms with Crippen LogP contribution in [-0.4, -0.2) is 22.7 Å². The number of alkyl halides is 3. The van der Waals surface area contributed by atoms with E-state index < -0.39 is 29.9 Å². The van der Waals surface area contributed by atoms with E-state index in [1.807, 2.05) is 6.92 Å². The Bertz CT molecular complexity index is 642. The fourth-order valence-corrected chi connectivity index (χ4v) is 8.49. The van der Waals surface area contributed by atoms with Crippen molar-refractivity contribution in [3.8, 4) is 0 Å². The Labute approximate surface area is 166 Å². The van der Waals surface area contributed by atoms with Crippen LogP contribution in [0.2, 0.25) is 0 Å². The van der Waals surface area contributed by atoms with E-state index in [1.165, 1.54) is 0 Å². The fraction of sp³-hybridized carbons (Fsp3) is 0.957. The number of halogens is 3. The number of hydrogen-bond donors (Lipinski definition) is 1. The summed E-state index contributed by atoms with van der Waals surface area (Å²) in [6.07, 6.45) is 2.79. The topological polar surface area (TPSA) is 37.3 Å². The number of carbonyl (C=O) groups is 1. The van der Waals surface area contributed by atoms with Gasteiger partial charge in [-0.3, -0.25) is 4.79 Å². The summed E-state index contributed by atoms with van der Waals surface area (Å²) in [5.41, 5.74) is -0.637. The van der Waals surface area contributed by atoms with Gasteiger partial charge in [0.15, 0.2) is 0 Å². The average Bonchev–Trinajstić information content (AvgIpc) is 2.88. The summed E-state index contributed by atoms with van der Waals surface area (Å²) in [6, 6.07) is 0. The predicted octanol–water partition coefficient (Wildman–Crippen LogP) is 5.92. The first kappa shape index (κ1) is 20.7. The van der Waals surface area contributed by atoms with E-state index in [2.05, 4.69) is 13.8 Å². The van der Waals surface area contributed by atoms with Gasteiger partial charge in [0.1, 0.15) is 12.2 Å². The van der Waals surface area contributed by atoms with Crippen molar-refractivity contribution in [3.63, 3.8) is 0 Å². The van der Waals surface area contributed by atoms with Crippen molar-refractivity contribution < 1.29 is 23.1 Å². The summed E-state index contributed by atoms with van der Waals surface area (Å²) in [4.78, 5) is 12.5. The fourth-order valence-electron chi connectivity index (χ4n) is 8.49. The molecular weight excluding hydrogens is 365 g/mol. The van der Waals surface area contributed by atoms with Crippen LogP contribution in [0.15, 0.2) is 0 Å². The molecule has 4 aliphatic rings. The third-order valence-electron chi connectivity index (χ3n) is 9.50. The molecule has 2 nitrogen and oxygen atoms in total. The minimum absolute atomic E-state index is 0.181. The molecule has 28 heavy (non-hydrogen) atoms. The molecule has 4 rings (SSSR count). The zero-order chi connectivity index (χ0) is 20.5. The second kappa shape index (κ2) is 6.46. The molecule has 0 aliphatic heterocycles. The molecule has 0 aromatic heterocycles. The van der Waals surface area contributed by atoms with Gasteiger partial charge in [-0.1, -0.05) is 13.8 Å². The molecule has 0 spiro atoms. The molecule has 0 aromatic carbocycles. The van der Waals surface area contributed by atoms with Gasteiger partial charge in [0.05, 0.1) is 5.60 Å². The number of fused-ring (bicyclic) bond motifs is 5. The maximum absolute atomic E-state index is 12.8. The van der Waals surface area contributed by atoms with Crippen LogP contribution in [0.25, 0.3) is 0 Å². The van der Waals surface area contributed by atoms with Crippen LogP contribution in [0, 0.1) is 40.4 Å². The van der Waals surface area contributed by atoms with Crippen LogP contribution in [0.4, 0.5) is 13.2 Å². The Morgan fingerprint density at radius 1 is 0.929 bits per heavy atom. The van der Waals surface area contributed by atoms with Crippen LogP contribution in [-0.2, 0) is 4.79 Å². The summed E-state index contributed by atoms with van der Waals surface area (Å²) in [6.45, 7) is 6.42. The maximum Gasteiger partial charge on any atom is 0.395 e. The lowest BCUT2D eigenvalue weighted by Gasteiger charge is -2.60. The Morgan fingerprint density at radius 3 is 2.25 bits per heavy atom. The molecule has 0 bridgehead atoms. The number of Topliss-reactive ketones (excluding diaryl/α,β-unsaturated/α-hetero) is 1. The normalized spacial score (nSPS) is 51.2. The van der Waals surface area contributed by atoms with Crippen LogP contribution in [0.3, 0.4) is 0 Å². The Balaban J connectivity index is 1.53. The van der Waals surface area contributed by atoms with Gasteiger partial charge in [-0.15, -0.1) is 0 Å². The summed E-state index contributed by atoms with van der Waals surface area (Å²) in [7, 11) is 0. The molecule has 0 amide bonds. The molecule has 1 N–H and O–H groups in total. The Morgan fingerprint density at radius 2 is 1.57 bits per heavy atom. The molecule has 8 atom stereocenters. The minimum Gasteiger partial charge on any atom is -0.390 e. The molecule has 0 saturated heterocycles. The standard InChI is InChI=1S/C23H35F3O2/c1-20-9-6-15-14(16(20)8-10-21(2,28)13-20)7-11-22(3)17(15)4-5-18(22)19(27)12-23(24,25)26/h14-18,28H,4-13H2,1-3H3/t14-,15+,16+,17-,18+,20+,21+,22-/m0/s1. The van der Waals surface area contributed by atoms with E-state index in [4.69, 9.17) is 0 Å². The van der Waals surface area contributed by atoms with E-state index in [0.717, 1.165) is 51.4 Å². The molecule has 0 aromatic rings. The monoisotopic (exact) mass is 400 g/mol. The Kier molecular flexibility index (Phi) is 4.77. The van der Waals surface area contributed by atoms with Gasteiger partial charge in [-0.05, 0) is 99.2 Å². The number of aliphatic hydroxyl groups is 1. The van der Waals surface area contributed by atoms with Crippen molar-refractivity contribution in [2.75, 3.05) is 0 Å². The van der Waals surface area contributed by atoms with Crippen LogP contribution < -0.4 is 0 Å². The first-order valence-corrected chi connectivity index (χ1v) is 11.2. The van der Waals surface area contributed by atoms with E-state index >= 15 is 0 Å². The SMILES string of the molecule is C[C@@]1(O)CC[C@@H]2[C@H]3CC[C@]4(C)[C@@H](C(=O)CC(F)(F)F)CC[C@H]4[C@@H]3CC[C@]2(C)C1. The zero-order valence-electron chi connectivity index (χ0n) is 17.4. The summed E-state index contributed by atoms with van der Waals surface area (Å²) < 4.78 is 38.5. The van der Waals surface area contributed by atoms with Crippen LogP contribution in [0.1, 0.15) is 85.0 Å². The van der Waals surface area contributed by atoms with Gasteiger partial charge in [-0.2, -0.15) is 13.2 Å². The van der Waals surface area contributed by atoms with Gasteiger partial charge in [0.25, 0.3) is 0 Å². The first-order chi connectivity index (χ1) is 12.8. The molecule has 4 aliphatic carbocycles. The van der Waals surface area contributed by atoms with Crippen molar-refractivity contribution in [3.05, 3.63) is 0 Å². The smallest absolute Gasteiger partial charge is 0.390 e. The van der Waals surface area contributed by atoms with E-state index in [1.54, 1.807) is 0 Å². The molecule has 0 heterocycles. The highest BCUT2D eigenvalue weighted by Gasteiger charge is 2.61. The van der Waals surface area contributed by atoms with E-state index in [-0.39, 0.29) is 10.8 Å². The van der Waals surface area contributed by atoms with Gasteiger partial charge >= 0.3 is 6.18 Å². The lowest BCUT2D eigenvalue weighted by atomic mass is 9.45. The molecule has 160 valence electrons. The van der Waals surface area contributed by atoms with Crippen LogP contribution >= 0.6 is 0 Å². The van der Waals surface area contributed by atoms with Crippen molar-refractivity contribution in [1.29, 1.82) is 0 Å². The molecule has 4 fully saturated rings. The van der Waals surface area contributed by atoms with Crippen LogP contribution in [0.5, 0.6) is 0 Å². The first-order valence-electron chi connectivity index (χ1n) is 11.2. The average molecular weight is 401 g/mol. The lowest BCUT2D eigenvalue weighted by molar-refractivity contribution is -0.162. The highest BCUT2D eigenvalue weighted by molar-refractivity contribution is 5.82. The number of ketones is 1. The Hall–Kier alpha value is -0.580. The van der Waals surface area contributed by atoms with Crippen molar-refractivity contribution >= 4 is 5.78 Å². The number of hydrogen-bond acceptors (Lipinski definition) is 2. The molecule has 4 saturated carbocycles. The molecule has 5 heteroatoms. The van der Waals surface area contributed by atoms with Gasteiger partial charge in [0, 0.05) is 5.92 Å². The van der Waals surface area contributed by atoms with Gasteiger partial charge in [-0.25, -0.2) is 0 Å². The zero-order valence-corrected chi connectivity index (χ0v) is 17.4. The van der Waals surface area contributed by atoms with Crippen molar-refractivity contribution in [2.45, 2.75) is 96.8 Å². The highest BCUT2D eigenvalue weighted by atomic mass is 19.4. The van der Waals surface area contributed by atoms with Gasteiger partial charge < -0.3 is 5.11 Å². The quantitative estimate of drug-likeness (QED) is 0.625. The number of carbonyl (C=O) groups excluding carboxylic acids is 1. The summed E-state index contributed by atoms with van der Waals surface area (Å²) in [5, 5.41) is 10.6.